The van der Waals surface area contributed by atoms with Gasteiger partial charge in [-0.15, -0.1) is 0 Å². The van der Waals surface area contributed by atoms with Crippen LogP contribution in [0.15, 0.2) is 91.0 Å². The Morgan fingerprint density at radius 2 is 1.23 bits per heavy atom. The number of rotatable bonds is 11. The van der Waals surface area contributed by atoms with Crippen LogP contribution < -0.4 is 10.6 Å². The Morgan fingerprint density at radius 1 is 0.800 bits per heavy atom. The second-order valence-electron chi connectivity index (χ2n) is 8.94. The highest BCUT2D eigenvalue weighted by atomic mass is 32.1. The smallest absolute Gasteiger partial charge is 0.328 e. The predicted octanol–water partition coefficient (Wildman–Crippen LogP) is 4.57. The lowest BCUT2D eigenvalue weighted by atomic mass is 9.76. The highest BCUT2D eigenvalue weighted by Crippen LogP contribution is 2.37. The third kappa shape index (κ3) is 6.32. The SMILES string of the molecule is COC(=O)[C@H](CC(C)C)NC(=O)[C@H](CS)NC(c1ccccc1)(c1ccccc1)c1ccccc1. The van der Waals surface area contributed by atoms with Crippen molar-refractivity contribution in [1.82, 2.24) is 10.6 Å². The van der Waals surface area contributed by atoms with Gasteiger partial charge in [-0.25, -0.2) is 4.79 Å². The maximum atomic E-state index is 13.5. The van der Waals surface area contributed by atoms with Crippen molar-refractivity contribution in [3.63, 3.8) is 0 Å². The van der Waals surface area contributed by atoms with Gasteiger partial charge in [0.25, 0.3) is 0 Å². The zero-order valence-corrected chi connectivity index (χ0v) is 21.4. The summed E-state index contributed by atoms with van der Waals surface area (Å²) in [7, 11) is 1.33. The Kier molecular flexibility index (Phi) is 9.52. The topological polar surface area (TPSA) is 67.4 Å². The number of carbonyl (C=O) groups is 2. The van der Waals surface area contributed by atoms with Crippen molar-refractivity contribution in [1.29, 1.82) is 0 Å². The monoisotopic (exact) mass is 490 g/mol. The largest absolute Gasteiger partial charge is 0.467 e. The van der Waals surface area contributed by atoms with Gasteiger partial charge in [0.1, 0.15) is 6.04 Å². The van der Waals surface area contributed by atoms with E-state index in [1.807, 2.05) is 68.4 Å². The fourth-order valence-electron chi connectivity index (χ4n) is 4.37. The summed E-state index contributed by atoms with van der Waals surface area (Å²) in [5, 5.41) is 6.54. The van der Waals surface area contributed by atoms with Crippen molar-refractivity contribution in [3.8, 4) is 0 Å². The fourth-order valence-corrected chi connectivity index (χ4v) is 4.63. The molecule has 0 aromatic heterocycles. The van der Waals surface area contributed by atoms with Gasteiger partial charge in [-0.3, -0.25) is 10.1 Å². The minimum atomic E-state index is -0.826. The molecule has 0 unspecified atom stereocenters. The third-order valence-corrected chi connectivity index (χ3v) is 6.38. The first kappa shape index (κ1) is 26.5. The molecule has 0 aliphatic carbocycles. The summed E-state index contributed by atoms with van der Waals surface area (Å²) in [6, 6.07) is 28.7. The van der Waals surface area contributed by atoms with Gasteiger partial charge in [0, 0.05) is 5.75 Å². The number of esters is 1. The summed E-state index contributed by atoms with van der Waals surface area (Å²) in [4.78, 5) is 25.9. The number of thiol groups is 1. The van der Waals surface area contributed by atoms with Crippen LogP contribution in [-0.2, 0) is 19.9 Å². The van der Waals surface area contributed by atoms with Crippen LogP contribution >= 0.6 is 12.6 Å². The van der Waals surface area contributed by atoms with Crippen molar-refractivity contribution in [2.24, 2.45) is 5.92 Å². The molecule has 0 bridgehead atoms. The molecule has 3 rings (SSSR count). The number of carbonyl (C=O) groups excluding carboxylic acids is 2. The van der Waals surface area contributed by atoms with Crippen LogP contribution in [0.3, 0.4) is 0 Å². The van der Waals surface area contributed by atoms with E-state index in [4.69, 9.17) is 4.74 Å². The molecule has 0 fully saturated rings. The molecule has 0 aliphatic heterocycles. The molecule has 3 aromatic carbocycles. The molecule has 0 spiro atoms. The van der Waals surface area contributed by atoms with Crippen LogP contribution in [0.1, 0.15) is 37.0 Å². The zero-order valence-electron chi connectivity index (χ0n) is 20.5. The Morgan fingerprint density at radius 3 is 1.57 bits per heavy atom. The summed E-state index contributed by atoms with van der Waals surface area (Å²) in [6.07, 6.45) is 0.485. The Balaban J connectivity index is 2.08. The number of hydrogen-bond donors (Lipinski definition) is 3. The van der Waals surface area contributed by atoms with E-state index < -0.39 is 23.6 Å². The van der Waals surface area contributed by atoms with E-state index in [9.17, 15) is 9.59 Å². The summed E-state index contributed by atoms with van der Waals surface area (Å²) in [5.41, 5.74) is 2.14. The molecule has 0 saturated heterocycles. The maximum absolute atomic E-state index is 13.5. The van der Waals surface area contributed by atoms with Crippen LogP contribution in [0.5, 0.6) is 0 Å². The van der Waals surface area contributed by atoms with E-state index >= 15 is 0 Å². The van der Waals surface area contributed by atoms with Crippen LogP contribution in [0.4, 0.5) is 0 Å². The molecule has 5 nitrogen and oxygen atoms in total. The second-order valence-corrected chi connectivity index (χ2v) is 9.31. The highest BCUT2D eigenvalue weighted by Gasteiger charge is 2.40. The van der Waals surface area contributed by atoms with Gasteiger partial charge < -0.3 is 10.1 Å². The molecule has 184 valence electrons. The number of nitrogens with one attached hydrogen (secondary N) is 2. The standard InChI is InChI=1S/C29H34N2O3S/c1-21(2)19-25(28(33)34-3)30-27(32)26(20-35)31-29(22-13-7-4-8-14-22,23-15-9-5-10-16-23)24-17-11-6-12-18-24/h4-18,21,25-26,31,35H,19-20H2,1-3H3,(H,30,32)/t25-,26-/m0/s1. The van der Waals surface area contributed by atoms with E-state index in [1.165, 1.54) is 7.11 Å². The summed E-state index contributed by atoms with van der Waals surface area (Å²) in [5.74, 6) is -0.317. The molecule has 0 heterocycles. The van der Waals surface area contributed by atoms with Crippen molar-refractivity contribution in [2.75, 3.05) is 12.9 Å². The molecule has 0 radical (unpaired) electrons. The van der Waals surface area contributed by atoms with Crippen molar-refractivity contribution < 1.29 is 14.3 Å². The number of hydrogen-bond acceptors (Lipinski definition) is 5. The van der Waals surface area contributed by atoms with Gasteiger partial charge in [0.15, 0.2) is 0 Å². The number of ether oxygens (including phenoxy) is 1. The molecular formula is C29H34N2O3S. The first-order valence-electron chi connectivity index (χ1n) is 11.9. The molecule has 2 N–H and O–H groups in total. The average Bonchev–Trinajstić information content (AvgIpc) is 2.90. The number of methoxy groups -OCH3 is 1. The van der Waals surface area contributed by atoms with Crippen LogP contribution in [-0.4, -0.2) is 36.8 Å². The van der Waals surface area contributed by atoms with Gasteiger partial charge in [-0.2, -0.15) is 12.6 Å². The first-order chi connectivity index (χ1) is 16.9. The van der Waals surface area contributed by atoms with E-state index in [1.54, 1.807) is 0 Å². The quantitative estimate of drug-likeness (QED) is 0.209. The molecule has 35 heavy (non-hydrogen) atoms. The normalized spacial score (nSPS) is 13.2. The Hall–Kier alpha value is -3.09. The van der Waals surface area contributed by atoms with Crippen molar-refractivity contribution >= 4 is 24.5 Å². The average molecular weight is 491 g/mol. The van der Waals surface area contributed by atoms with Gasteiger partial charge in [0.2, 0.25) is 5.91 Å². The lowest BCUT2D eigenvalue weighted by Gasteiger charge is -2.39. The molecule has 2 atom stereocenters. The fraction of sp³-hybridized carbons (Fsp3) is 0.310. The third-order valence-electron chi connectivity index (χ3n) is 6.02. The number of amides is 1. The maximum Gasteiger partial charge on any atom is 0.328 e. The highest BCUT2D eigenvalue weighted by molar-refractivity contribution is 7.80. The van der Waals surface area contributed by atoms with E-state index in [-0.39, 0.29) is 17.6 Å². The number of benzene rings is 3. The summed E-state index contributed by atoms with van der Waals surface area (Å²) < 4.78 is 4.94. The summed E-state index contributed by atoms with van der Waals surface area (Å²) >= 11 is 4.53. The van der Waals surface area contributed by atoms with Gasteiger partial charge in [0.05, 0.1) is 18.7 Å². The lowest BCUT2D eigenvalue weighted by Crippen LogP contribution is -2.58. The van der Waals surface area contributed by atoms with E-state index in [2.05, 4.69) is 59.7 Å². The van der Waals surface area contributed by atoms with E-state index in [0.29, 0.717) is 6.42 Å². The zero-order chi connectivity index (χ0) is 25.3. The molecule has 3 aromatic rings. The van der Waals surface area contributed by atoms with Crippen LogP contribution in [0.25, 0.3) is 0 Å². The molecule has 0 aliphatic rings. The van der Waals surface area contributed by atoms with Crippen molar-refractivity contribution in [3.05, 3.63) is 108 Å². The van der Waals surface area contributed by atoms with Gasteiger partial charge >= 0.3 is 5.97 Å². The summed E-state index contributed by atoms with van der Waals surface area (Å²) in [6.45, 7) is 4.00. The van der Waals surface area contributed by atoms with Gasteiger partial charge in [-0.05, 0) is 29.0 Å². The molecule has 6 heteroatoms. The lowest BCUT2D eigenvalue weighted by molar-refractivity contribution is -0.145. The molecular weight excluding hydrogens is 456 g/mol. The second kappa shape index (κ2) is 12.6. The van der Waals surface area contributed by atoms with Gasteiger partial charge in [-0.1, -0.05) is 105 Å². The van der Waals surface area contributed by atoms with Crippen LogP contribution in [0.2, 0.25) is 0 Å². The first-order valence-corrected chi connectivity index (χ1v) is 12.5. The molecule has 1 amide bonds. The minimum absolute atomic E-state index is 0.207. The minimum Gasteiger partial charge on any atom is -0.467 e. The van der Waals surface area contributed by atoms with Crippen molar-refractivity contribution in [2.45, 2.75) is 37.9 Å². The van der Waals surface area contributed by atoms with E-state index in [0.717, 1.165) is 16.7 Å². The van der Waals surface area contributed by atoms with Crippen LogP contribution in [0, 0.1) is 5.92 Å². The molecule has 0 saturated carbocycles. The Labute approximate surface area is 213 Å². The predicted molar refractivity (Wildman–Crippen MR) is 143 cm³/mol. The Bertz CT molecular complexity index is 978.